The van der Waals surface area contributed by atoms with Crippen LogP contribution in [0.5, 0.6) is 0 Å². The number of hydrogen-bond donors (Lipinski definition) is 2. The molecule has 1 aromatic heterocycles. The maximum atomic E-state index is 12.8. The summed E-state index contributed by atoms with van der Waals surface area (Å²) in [6.07, 6.45) is -0.997. The number of fused-ring (bicyclic) bond motifs is 1. The number of ether oxygens (including phenoxy) is 1. The van der Waals surface area contributed by atoms with Crippen molar-refractivity contribution in [3.63, 3.8) is 0 Å². The van der Waals surface area contributed by atoms with Crippen molar-refractivity contribution in [2.45, 2.75) is 17.9 Å². The smallest absolute Gasteiger partial charge is 0.332 e. The van der Waals surface area contributed by atoms with Gasteiger partial charge in [-0.05, 0) is 43.3 Å². The summed E-state index contributed by atoms with van der Waals surface area (Å²) >= 11 is 7.35. The first-order chi connectivity index (χ1) is 13.8. The van der Waals surface area contributed by atoms with E-state index in [1.807, 2.05) is 0 Å². The summed E-state index contributed by atoms with van der Waals surface area (Å²) in [7, 11) is -3.86. The van der Waals surface area contributed by atoms with Gasteiger partial charge in [0, 0.05) is 5.02 Å². The Kier molecular flexibility index (Phi) is 6.39. The summed E-state index contributed by atoms with van der Waals surface area (Å²) in [5, 5.41) is 9.17. The lowest BCUT2D eigenvalue weighted by Gasteiger charge is -2.10. The van der Waals surface area contributed by atoms with Crippen LogP contribution in [0.25, 0.3) is 10.2 Å². The molecule has 0 fully saturated rings. The molecule has 2 aromatic carbocycles. The fourth-order valence-electron chi connectivity index (χ4n) is 2.28. The molecule has 7 nitrogen and oxygen atoms in total. The third-order valence-electron chi connectivity index (χ3n) is 3.82. The van der Waals surface area contributed by atoms with Crippen LogP contribution in [0.4, 0.5) is 5.69 Å². The Morgan fingerprint density at radius 1 is 1.34 bits per heavy atom. The Bertz CT molecular complexity index is 1230. The second kappa shape index (κ2) is 8.80. The van der Waals surface area contributed by atoms with Gasteiger partial charge in [0.2, 0.25) is 0 Å². The molecule has 3 rings (SSSR count). The van der Waals surface area contributed by atoms with Gasteiger partial charge in [-0.15, -0.1) is 11.3 Å². The summed E-state index contributed by atoms with van der Waals surface area (Å²) in [4.78, 5) is 15.0. The molecule has 0 saturated carbocycles. The maximum Gasteiger partial charge on any atom is 0.332 e. The van der Waals surface area contributed by atoms with Gasteiger partial charge in [0.15, 0.2) is 6.10 Å². The number of halogens is 1. The van der Waals surface area contributed by atoms with E-state index in [0.29, 0.717) is 10.6 Å². The van der Waals surface area contributed by atoms with E-state index in [2.05, 4.69) is 21.5 Å². The largest absolute Gasteiger partial charge is 0.479 e. The Hall–Kier alpha value is -2.64. The Labute approximate surface area is 176 Å². The zero-order valence-corrected chi connectivity index (χ0v) is 17.4. The molecule has 2 N–H and O–H groups in total. The van der Waals surface area contributed by atoms with E-state index in [4.69, 9.17) is 21.4 Å². The molecule has 0 bridgehead atoms. The first-order valence-corrected chi connectivity index (χ1v) is 11.0. The van der Waals surface area contributed by atoms with Crippen LogP contribution < -0.4 is 4.72 Å². The number of carbonyl (C=O) groups is 1. The van der Waals surface area contributed by atoms with E-state index in [-0.39, 0.29) is 17.2 Å². The topological polar surface area (TPSA) is 106 Å². The van der Waals surface area contributed by atoms with E-state index in [9.17, 15) is 13.2 Å². The van der Waals surface area contributed by atoms with Gasteiger partial charge in [-0.1, -0.05) is 23.4 Å². The summed E-state index contributed by atoms with van der Waals surface area (Å²) in [5.41, 5.74) is 2.96. The first kappa shape index (κ1) is 21.1. The van der Waals surface area contributed by atoms with Gasteiger partial charge in [-0.2, -0.15) is 0 Å². The molecule has 1 atom stereocenters. The molecule has 10 heteroatoms. The standard InChI is InChI=1S/C19H15ClN2O5S2/c1-12(19(23)24)27-8-2-3-13-9-14(20)4-6-16(13)22-29(25,26)15-5-7-17-18(10-15)28-11-21-17/h4-7,9-12,22H,8H2,1H3,(H,23,24)/t12-/m1/s1. The molecule has 0 saturated heterocycles. The van der Waals surface area contributed by atoms with Crippen molar-refractivity contribution in [3.8, 4) is 11.8 Å². The van der Waals surface area contributed by atoms with Gasteiger partial charge in [0.25, 0.3) is 10.0 Å². The predicted octanol–water partition coefficient (Wildman–Crippen LogP) is 3.59. The van der Waals surface area contributed by atoms with Crippen LogP contribution in [0.1, 0.15) is 12.5 Å². The minimum Gasteiger partial charge on any atom is -0.479 e. The molecule has 0 spiro atoms. The van der Waals surface area contributed by atoms with Crippen LogP contribution in [-0.2, 0) is 19.6 Å². The van der Waals surface area contributed by atoms with Crippen molar-refractivity contribution < 1.29 is 23.1 Å². The van der Waals surface area contributed by atoms with Crippen molar-refractivity contribution in [2.75, 3.05) is 11.3 Å². The number of aliphatic carboxylic acids is 1. The monoisotopic (exact) mass is 450 g/mol. The van der Waals surface area contributed by atoms with Gasteiger partial charge in [0.05, 0.1) is 31.9 Å². The summed E-state index contributed by atoms with van der Waals surface area (Å²) in [6.45, 7) is 1.26. The lowest BCUT2D eigenvalue weighted by Crippen LogP contribution is -2.19. The summed E-state index contributed by atoms with van der Waals surface area (Å²) in [5.74, 6) is 4.33. The number of aromatic nitrogens is 1. The number of benzene rings is 2. The molecule has 0 aliphatic rings. The van der Waals surface area contributed by atoms with Gasteiger partial charge < -0.3 is 9.84 Å². The first-order valence-electron chi connectivity index (χ1n) is 8.25. The highest BCUT2D eigenvalue weighted by Gasteiger charge is 2.17. The number of nitrogens with zero attached hydrogens (tertiary/aromatic N) is 1. The minimum absolute atomic E-state index is 0.0988. The van der Waals surface area contributed by atoms with Gasteiger partial charge >= 0.3 is 5.97 Å². The number of thiazole rings is 1. The van der Waals surface area contributed by atoms with Crippen molar-refractivity contribution in [2.24, 2.45) is 0 Å². The number of hydrogen-bond acceptors (Lipinski definition) is 6. The molecule has 0 aliphatic carbocycles. The fourth-order valence-corrected chi connectivity index (χ4v) is 4.35. The maximum absolute atomic E-state index is 12.8. The second-order valence-corrected chi connectivity index (χ2v) is 8.88. The van der Waals surface area contributed by atoms with E-state index in [1.54, 1.807) is 23.7 Å². The van der Waals surface area contributed by atoms with E-state index in [0.717, 1.165) is 10.2 Å². The normalized spacial score (nSPS) is 12.2. The second-order valence-electron chi connectivity index (χ2n) is 5.87. The fraction of sp³-hybridized carbons (Fsp3) is 0.158. The lowest BCUT2D eigenvalue weighted by molar-refractivity contribution is -0.148. The third-order valence-corrected chi connectivity index (χ3v) is 6.21. The quantitative estimate of drug-likeness (QED) is 0.556. The van der Waals surface area contributed by atoms with E-state index < -0.39 is 22.1 Å². The van der Waals surface area contributed by atoms with Crippen LogP contribution in [-0.4, -0.2) is 37.2 Å². The van der Waals surface area contributed by atoms with Crippen LogP contribution in [0.3, 0.4) is 0 Å². The van der Waals surface area contributed by atoms with Crippen LogP contribution >= 0.6 is 22.9 Å². The molecule has 29 heavy (non-hydrogen) atoms. The van der Waals surface area contributed by atoms with Crippen molar-refractivity contribution >= 4 is 54.8 Å². The lowest BCUT2D eigenvalue weighted by atomic mass is 10.2. The van der Waals surface area contributed by atoms with Crippen LogP contribution in [0.15, 0.2) is 46.8 Å². The number of nitrogens with one attached hydrogen (secondary N) is 1. The minimum atomic E-state index is -3.86. The Balaban J connectivity index is 1.84. The molecule has 0 unspecified atom stereocenters. The highest BCUT2D eigenvalue weighted by atomic mass is 35.5. The predicted molar refractivity (Wildman–Crippen MR) is 112 cm³/mol. The van der Waals surface area contributed by atoms with E-state index >= 15 is 0 Å². The Morgan fingerprint density at radius 2 is 2.14 bits per heavy atom. The third kappa shape index (κ3) is 5.25. The molecular formula is C19H15ClN2O5S2. The number of carboxylic acids is 1. The highest BCUT2D eigenvalue weighted by Crippen LogP contribution is 2.26. The average molecular weight is 451 g/mol. The van der Waals surface area contributed by atoms with E-state index in [1.165, 1.54) is 36.5 Å². The molecule has 0 radical (unpaired) electrons. The number of carboxylic acid groups (broad SMARTS) is 1. The molecule has 150 valence electrons. The van der Waals surface area contributed by atoms with Crippen LogP contribution in [0.2, 0.25) is 5.02 Å². The van der Waals surface area contributed by atoms with Gasteiger partial charge in [0.1, 0.15) is 6.61 Å². The molecule has 1 heterocycles. The van der Waals surface area contributed by atoms with Crippen LogP contribution in [0, 0.1) is 11.8 Å². The molecule has 0 aliphatic heterocycles. The molecule has 3 aromatic rings. The van der Waals surface area contributed by atoms with Crippen molar-refractivity contribution in [1.29, 1.82) is 0 Å². The summed E-state index contributed by atoms with van der Waals surface area (Å²) in [6, 6.07) is 9.24. The number of anilines is 1. The Morgan fingerprint density at radius 3 is 2.90 bits per heavy atom. The summed E-state index contributed by atoms with van der Waals surface area (Å²) < 4.78 is 33.9. The van der Waals surface area contributed by atoms with Gasteiger partial charge in [-0.25, -0.2) is 18.2 Å². The molecule has 0 amide bonds. The highest BCUT2D eigenvalue weighted by molar-refractivity contribution is 7.92. The number of sulfonamides is 1. The average Bonchev–Trinajstić information content (AvgIpc) is 3.14. The van der Waals surface area contributed by atoms with Crippen molar-refractivity contribution in [3.05, 3.63) is 52.5 Å². The van der Waals surface area contributed by atoms with Gasteiger partial charge in [-0.3, -0.25) is 4.72 Å². The van der Waals surface area contributed by atoms with Crippen molar-refractivity contribution in [1.82, 2.24) is 4.98 Å². The number of rotatable bonds is 6. The zero-order valence-electron chi connectivity index (χ0n) is 15.0. The molecular weight excluding hydrogens is 436 g/mol. The SMILES string of the molecule is C[C@@H](OCC#Cc1cc(Cl)ccc1NS(=O)(=O)c1ccc2ncsc2c1)C(=O)O. The zero-order chi connectivity index (χ0) is 21.0.